The number of alkyl halides is 2. The fourth-order valence-electron chi connectivity index (χ4n) is 4.42. The first-order chi connectivity index (χ1) is 20.8. The quantitative estimate of drug-likeness (QED) is 0.129. The lowest BCUT2D eigenvalue weighted by Crippen LogP contribution is -2.18. The van der Waals surface area contributed by atoms with E-state index in [1.807, 2.05) is 0 Å². The van der Waals surface area contributed by atoms with Gasteiger partial charge >= 0.3 is 25.2 Å². The van der Waals surface area contributed by atoms with Gasteiger partial charge in [-0.1, -0.05) is 93.7 Å². The van der Waals surface area contributed by atoms with E-state index in [0.29, 0.717) is 38.7 Å². The van der Waals surface area contributed by atoms with Gasteiger partial charge < -0.3 is 19.3 Å². The van der Waals surface area contributed by atoms with Gasteiger partial charge in [-0.15, -0.1) is 0 Å². The smallest absolute Gasteiger partial charge is 0.399 e. The van der Waals surface area contributed by atoms with Gasteiger partial charge in [0.25, 0.3) is 0 Å². The first-order valence-corrected chi connectivity index (χ1v) is 15.8. The minimum absolute atomic E-state index is 0.0309. The average Bonchev–Trinajstić information content (AvgIpc) is 3.47. The highest BCUT2D eigenvalue weighted by Crippen LogP contribution is 2.60. The van der Waals surface area contributed by atoms with E-state index in [1.54, 1.807) is 65.6 Å². The van der Waals surface area contributed by atoms with E-state index in [-0.39, 0.29) is 27.6 Å². The molecule has 0 saturated carbocycles. The van der Waals surface area contributed by atoms with Gasteiger partial charge in [-0.2, -0.15) is 8.78 Å². The molecule has 1 aromatic heterocycles. The number of anilines is 2. The zero-order valence-corrected chi connectivity index (χ0v) is 26.2. The summed E-state index contributed by atoms with van der Waals surface area (Å²) in [6.45, 7) is 0.0309. The van der Waals surface area contributed by atoms with Gasteiger partial charge in [0, 0.05) is 21.3 Å². The Hall–Kier alpha value is -3.57. The monoisotopic (exact) mass is 722 g/mol. The van der Waals surface area contributed by atoms with Crippen LogP contribution in [0.3, 0.4) is 0 Å². The molecule has 5 aromatic rings. The summed E-state index contributed by atoms with van der Waals surface area (Å²) in [7, 11) is -5.77. The molecule has 0 unspecified atom stereocenters. The van der Waals surface area contributed by atoms with Gasteiger partial charge in [-0.05, 0) is 47.0 Å². The van der Waals surface area contributed by atoms with Crippen LogP contribution in [-0.2, 0) is 16.8 Å². The zero-order valence-electron chi connectivity index (χ0n) is 22.2. The van der Waals surface area contributed by atoms with Gasteiger partial charge in [0.15, 0.2) is 5.76 Å². The van der Waals surface area contributed by atoms with Crippen LogP contribution in [0.1, 0.15) is 21.5 Å². The molecule has 0 aliphatic rings. The Morgan fingerprint density at radius 3 is 2.27 bits per heavy atom. The number of carboxylic acids is 1. The molecule has 0 radical (unpaired) electrons. The Labute approximate surface area is 267 Å². The Balaban J connectivity index is 1.48. The number of hydrogen-bond donors (Lipinski definition) is 3. The van der Waals surface area contributed by atoms with Crippen molar-refractivity contribution in [1.29, 1.82) is 0 Å². The van der Waals surface area contributed by atoms with Crippen molar-refractivity contribution < 1.29 is 37.5 Å². The highest BCUT2D eigenvalue weighted by molar-refractivity contribution is 9.10. The van der Waals surface area contributed by atoms with Crippen molar-refractivity contribution in [2.24, 2.45) is 0 Å². The minimum atomic E-state index is -5.77. The summed E-state index contributed by atoms with van der Waals surface area (Å²) in [5.74, 6) is -0.648. The molecule has 44 heavy (non-hydrogen) atoms. The van der Waals surface area contributed by atoms with E-state index >= 15 is 0 Å². The predicted molar refractivity (Wildman–Crippen MR) is 167 cm³/mol. The van der Waals surface area contributed by atoms with Crippen molar-refractivity contribution in [1.82, 2.24) is 4.98 Å². The maximum Gasteiger partial charge on any atom is 0.399 e. The summed E-state index contributed by atoms with van der Waals surface area (Å²) in [4.78, 5) is 36.0. The molecule has 226 valence electrons. The number of rotatable bonds is 9. The first kappa shape index (κ1) is 31.8. The average molecular weight is 724 g/mol. The summed E-state index contributed by atoms with van der Waals surface area (Å²) in [6, 6.07) is 22.2. The second-order valence-corrected chi connectivity index (χ2v) is 12.8. The molecule has 0 atom stereocenters. The van der Waals surface area contributed by atoms with Crippen molar-refractivity contribution in [3.8, 4) is 22.5 Å². The molecule has 0 fully saturated rings. The molecule has 0 aliphatic heterocycles. The molecule has 0 spiro atoms. The highest BCUT2D eigenvalue weighted by Gasteiger charge is 2.51. The van der Waals surface area contributed by atoms with Crippen LogP contribution in [0.5, 0.6) is 0 Å². The molecule has 3 N–H and O–H groups in total. The van der Waals surface area contributed by atoms with E-state index < -0.39 is 24.8 Å². The Bertz CT molecular complexity index is 1920. The second-order valence-electron chi connectivity index (χ2n) is 9.52. The number of benzene rings is 4. The number of oxazole rings is 1. The maximum atomic E-state index is 14.4. The molecule has 1 heterocycles. The molecule has 0 amide bonds. The van der Waals surface area contributed by atoms with E-state index in [9.17, 15) is 23.2 Å². The van der Waals surface area contributed by atoms with E-state index in [0.717, 1.165) is 6.07 Å². The largest absolute Gasteiger partial charge is 0.478 e. The lowest BCUT2D eigenvalue weighted by Gasteiger charge is -2.23. The highest BCUT2D eigenvalue weighted by atomic mass is 79.9. The van der Waals surface area contributed by atoms with Crippen molar-refractivity contribution in [3.63, 3.8) is 0 Å². The Morgan fingerprint density at radius 2 is 1.64 bits per heavy atom. The van der Waals surface area contributed by atoms with Crippen LogP contribution in [0, 0.1) is 0 Å². The third kappa shape index (κ3) is 6.44. The number of carboxylic acid groups (broad SMARTS) is 1. The van der Waals surface area contributed by atoms with Crippen LogP contribution in [0.25, 0.3) is 22.5 Å². The number of nitrogens with zero attached hydrogens (tertiary/aromatic N) is 2. The van der Waals surface area contributed by atoms with Gasteiger partial charge in [0.2, 0.25) is 0 Å². The maximum absolute atomic E-state index is 14.4. The lowest BCUT2D eigenvalue weighted by atomic mass is 9.98. The van der Waals surface area contributed by atoms with E-state index in [4.69, 9.17) is 37.4 Å². The number of aromatic nitrogens is 1. The summed E-state index contributed by atoms with van der Waals surface area (Å²) >= 11 is 15.4. The summed E-state index contributed by atoms with van der Waals surface area (Å²) < 4.78 is 46.1. The summed E-state index contributed by atoms with van der Waals surface area (Å²) in [5.41, 5.74) is -2.19. The Kier molecular flexibility index (Phi) is 9.00. The van der Waals surface area contributed by atoms with Crippen LogP contribution < -0.4 is 4.90 Å². The number of halogens is 5. The fourth-order valence-corrected chi connectivity index (χ4v) is 6.05. The third-order valence-electron chi connectivity index (χ3n) is 6.64. The van der Waals surface area contributed by atoms with Crippen LogP contribution >= 0.6 is 46.7 Å². The third-order valence-corrected chi connectivity index (χ3v) is 9.01. The Morgan fingerprint density at radius 1 is 0.955 bits per heavy atom. The van der Waals surface area contributed by atoms with E-state index in [2.05, 4.69) is 20.9 Å². The van der Waals surface area contributed by atoms with Gasteiger partial charge in [0.05, 0.1) is 28.4 Å². The van der Waals surface area contributed by atoms with Gasteiger partial charge in [-0.3, -0.25) is 9.46 Å². The summed E-state index contributed by atoms with van der Waals surface area (Å²) in [6.07, 6.45) is 1.50. The van der Waals surface area contributed by atoms with Gasteiger partial charge in [0.1, 0.15) is 0 Å². The molecule has 8 nitrogen and oxygen atoms in total. The topological polar surface area (TPSA) is 124 Å². The molecule has 4 aromatic carbocycles. The van der Waals surface area contributed by atoms with Crippen molar-refractivity contribution in [3.05, 3.63) is 122 Å². The van der Waals surface area contributed by atoms with Crippen LogP contribution in [0.4, 0.5) is 20.5 Å². The molecule has 14 heteroatoms. The lowest BCUT2D eigenvalue weighted by molar-refractivity contribution is 0.0557. The minimum Gasteiger partial charge on any atom is -0.478 e. The zero-order chi connectivity index (χ0) is 31.8. The fraction of sp³-hybridized carbons (Fsp3) is 0.0667. The molecular formula is C30H20BrCl2F2N2O6P. The summed E-state index contributed by atoms with van der Waals surface area (Å²) in [5, 5.41) is 10.1. The van der Waals surface area contributed by atoms with Crippen LogP contribution in [-0.4, -0.2) is 25.8 Å². The van der Waals surface area contributed by atoms with Crippen LogP contribution in [0.15, 0.2) is 100 Å². The SMILES string of the molecule is O=C(O)c1ccccc1-c1ccc(-c2cnc(N(Cc3ccc(C(F)(F)P(=O)(O)O)c(Br)c3)c3ccc(Cl)c(Cl)c3)o2)cc1. The number of carbonyl (C=O) groups is 1. The van der Waals surface area contributed by atoms with Crippen molar-refractivity contribution in [2.45, 2.75) is 12.2 Å². The second kappa shape index (κ2) is 12.4. The molecule has 0 bridgehead atoms. The molecule has 0 aliphatic carbocycles. The predicted octanol–water partition coefficient (Wildman–Crippen LogP) is 9.34. The molecule has 0 saturated heterocycles. The first-order valence-electron chi connectivity index (χ1n) is 12.6. The number of aromatic carboxylic acids is 1. The van der Waals surface area contributed by atoms with Crippen molar-refractivity contribution >= 4 is 64.4 Å². The van der Waals surface area contributed by atoms with Crippen molar-refractivity contribution in [2.75, 3.05) is 4.90 Å². The molecular weight excluding hydrogens is 704 g/mol. The van der Waals surface area contributed by atoms with Crippen LogP contribution in [0.2, 0.25) is 10.0 Å². The standard InChI is InChI=1S/C30H20BrCl2F2N2O6P/c31-24-13-17(5-11-23(24)30(34,35)44(40,41)42)16-37(20-10-12-25(32)26(33)14-20)29-36-15-27(43-29)19-8-6-18(7-9-19)21-3-1-2-4-22(21)28(38)39/h1-15H,16H2,(H,38,39)(H2,40,41,42). The van der Waals surface area contributed by atoms with E-state index in [1.165, 1.54) is 24.4 Å². The van der Waals surface area contributed by atoms with Gasteiger partial charge in [-0.25, -0.2) is 9.78 Å². The normalized spacial score (nSPS) is 11.9. The molecule has 5 rings (SSSR count). The number of hydrogen-bond acceptors (Lipinski definition) is 5.